The molecule has 0 spiro atoms. The predicted molar refractivity (Wildman–Crippen MR) is 109 cm³/mol. The lowest BCUT2D eigenvalue weighted by molar-refractivity contribution is -0.384. The van der Waals surface area contributed by atoms with E-state index in [-0.39, 0.29) is 16.9 Å². The number of imidazole rings is 1. The third-order valence-electron chi connectivity index (χ3n) is 4.37. The molecule has 0 radical (unpaired) electrons. The number of aromatic nitrogens is 2. The zero-order chi connectivity index (χ0) is 20.5. The summed E-state index contributed by atoms with van der Waals surface area (Å²) in [5, 5.41) is 24.5. The molecule has 0 aliphatic carbocycles. The van der Waals surface area contributed by atoms with Crippen LogP contribution in [-0.4, -0.2) is 20.2 Å². The molecule has 0 aliphatic heterocycles. The third-order valence-corrected chi connectivity index (χ3v) is 5.21. The Hall–Kier alpha value is -4.03. The van der Waals surface area contributed by atoms with Gasteiger partial charge in [-0.2, -0.15) is 5.26 Å². The molecule has 29 heavy (non-hydrogen) atoms. The van der Waals surface area contributed by atoms with Gasteiger partial charge in [-0.3, -0.25) is 19.3 Å². The molecule has 1 amide bonds. The number of benzene rings is 2. The number of nitro benzene ring substituents is 1. The molecule has 2 aromatic heterocycles. The van der Waals surface area contributed by atoms with Gasteiger partial charge in [0.05, 0.1) is 21.9 Å². The van der Waals surface area contributed by atoms with Crippen molar-refractivity contribution in [1.29, 1.82) is 5.26 Å². The second-order valence-electron chi connectivity index (χ2n) is 6.32. The number of nitrogens with zero attached hydrogens (tertiary/aromatic N) is 4. The Morgan fingerprint density at radius 2 is 2.03 bits per heavy atom. The van der Waals surface area contributed by atoms with Crippen LogP contribution in [0.2, 0.25) is 0 Å². The van der Waals surface area contributed by atoms with E-state index in [1.54, 1.807) is 16.0 Å². The topological polar surface area (TPSA) is 113 Å². The van der Waals surface area contributed by atoms with E-state index < -0.39 is 10.8 Å². The molecule has 0 saturated carbocycles. The quantitative estimate of drug-likeness (QED) is 0.401. The number of non-ortho nitro benzene ring substituents is 1. The maximum absolute atomic E-state index is 12.8. The summed E-state index contributed by atoms with van der Waals surface area (Å²) >= 11 is 1.32. The fourth-order valence-corrected chi connectivity index (χ4v) is 3.70. The van der Waals surface area contributed by atoms with E-state index in [9.17, 15) is 20.2 Å². The van der Waals surface area contributed by atoms with Gasteiger partial charge in [0, 0.05) is 29.3 Å². The first-order valence-electron chi connectivity index (χ1n) is 8.50. The highest BCUT2D eigenvalue weighted by molar-refractivity contribution is 7.15. The lowest BCUT2D eigenvalue weighted by Gasteiger charge is -2.06. The lowest BCUT2D eigenvalue weighted by atomic mass is 10.1. The number of hydrogen-bond donors (Lipinski definition) is 1. The van der Waals surface area contributed by atoms with Crippen LogP contribution in [0.25, 0.3) is 16.2 Å². The summed E-state index contributed by atoms with van der Waals surface area (Å²) in [6.07, 6.45) is 1.78. The van der Waals surface area contributed by atoms with Crippen molar-refractivity contribution in [1.82, 2.24) is 9.38 Å². The molecular weight excluding hydrogens is 390 g/mol. The Morgan fingerprint density at radius 1 is 1.28 bits per heavy atom. The molecule has 0 bridgehead atoms. The number of amides is 1. The maximum atomic E-state index is 12.8. The monoisotopic (exact) mass is 403 g/mol. The van der Waals surface area contributed by atoms with Gasteiger partial charge in [0.25, 0.3) is 11.6 Å². The Morgan fingerprint density at radius 3 is 2.72 bits per heavy atom. The van der Waals surface area contributed by atoms with Crippen LogP contribution in [-0.2, 0) is 0 Å². The molecule has 9 heteroatoms. The number of nitriles is 1. The second kappa shape index (κ2) is 7.18. The van der Waals surface area contributed by atoms with Gasteiger partial charge >= 0.3 is 0 Å². The van der Waals surface area contributed by atoms with Gasteiger partial charge < -0.3 is 5.32 Å². The molecule has 8 nitrogen and oxygen atoms in total. The summed E-state index contributed by atoms with van der Waals surface area (Å²) in [5.41, 5.74) is 3.21. The number of anilines is 1. The van der Waals surface area contributed by atoms with E-state index in [1.807, 2.05) is 37.3 Å². The average Bonchev–Trinajstić information content (AvgIpc) is 3.29. The highest BCUT2D eigenvalue weighted by atomic mass is 32.1. The van der Waals surface area contributed by atoms with Crippen molar-refractivity contribution in [2.24, 2.45) is 0 Å². The first-order chi connectivity index (χ1) is 14.0. The van der Waals surface area contributed by atoms with Crippen LogP contribution in [0.4, 0.5) is 11.4 Å². The van der Waals surface area contributed by atoms with E-state index in [0.717, 1.165) is 22.9 Å². The normalized spacial score (nSPS) is 10.6. The van der Waals surface area contributed by atoms with Crippen molar-refractivity contribution >= 4 is 33.6 Å². The van der Waals surface area contributed by atoms with Gasteiger partial charge in [-0.15, -0.1) is 11.3 Å². The van der Waals surface area contributed by atoms with Crippen molar-refractivity contribution < 1.29 is 9.72 Å². The van der Waals surface area contributed by atoms with Gasteiger partial charge in [-0.1, -0.05) is 29.8 Å². The fourth-order valence-electron chi connectivity index (χ4n) is 2.84. The number of thiazole rings is 1. The second-order valence-corrected chi connectivity index (χ2v) is 7.16. The molecule has 0 aliphatic rings. The van der Waals surface area contributed by atoms with Gasteiger partial charge in [0.1, 0.15) is 11.8 Å². The highest BCUT2D eigenvalue weighted by Gasteiger charge is 2.18. The number of rotatable bonds is 4. The highest BCUT2D eigenvalue weighted by Crippen LogP contribution is 2.26. The first-order valence-corrected chi connectivity index (χ1v) is 9.38. The largest absolute Gasteiger partial charge is 0.319 e. The van der Waals surface area contributed by atoms with Crippen molar-refractivity contribution in [2.75, 3.05) is 5.32 Å². The minimum absolute atomic E-state index is 0.0185. The van der Waals surface area contributed by atoms with Crippen LogP contribution in [0.15, 0.2) is 54.0 Å². The standard InChI is InChI=1S/C20H13N5O3S/c1-12-2-4-13(5-3-12)17-10-24-18(11-29-20(24)23-17)19(26)22-16-7-6-15(25(27)28)8-14(16)9-21/h2-8,10-11H,1H3,(H,22,26). The predicted octanol–water partition coefficient (Wildman–Crippen LogP) is 4.40. The lowest BCUT2D eigenvalue weighted by Crippen LogP contribution is -2.14. The van der Waals surface area contributed by atoms with E-state index in [4.69, 9.17) is 0 Å². The number of carbonyl (C=O) groups is 1. The van der Waals surface area contributed by atoms with E-state index in [1.165, 1.54) is 23.5 Å². The molecule has 142 valence electrons. The molecule has 4 rings (SSSR count). The molecule has 0 saturated heterocycles. The van der Waals surface area contributed by atoms with Crippen LogP contribution >= 0.6 is 11.3 Å². The van der Waals surface area contributed by atoms with E-state index in [2.05, 4.69) is 10.3 Å². The molecule has 4 aromatic rings. The summed E-state index contributed by atoms with van der Waals surface area (Å²) in [5.74, 6) is -0.436. The number of carbonyl (C=O) groups excluding carboxylic acids is 1. The summed E-state index contributed by atoms with van der Waals surface area (Å²) in [4.78, 5) is 28.3. The number of aryl methyl sites for hydroxylation is 1. The number of nitro groups is 1. The summed E-state index contributed by atoms with van der Waals surface area (Å²) in [6.45, 7) is 2.01. The molecule has 0 unspecified atom stereocenters. The summed E-state index contributed by atoms with van der Waals surface area (Å²) in [6, 6.07) is 13.5. The number of fused-ring (bicyclic) bond motifs is 1. The van der Waals surface area contributed by atoms with Crippen molar-refractivity contribution in [2.45, 2.75) is 6.92 Å². The van der Waals surface area contributed by atoms with Crippen LogP contribution in [0.3, 0.4) is 0 Å². The Bertz CT molecular complexity index is 1300. The van der Waals surface area contributed by atoms with Crippen LogP contribution in [0.5, 0.6) is 0 Å². The smallest absolute Gasteiger partial charge is 0.273 e. The Kier molecular flexibility index (Phi) is 4.54. The van der Waals surface area contributed by atoms with E-state index in [0.29, 0.717) is 10.7 Å². The molecule has 0 atom stereocenters. The first kappa shape index (κ1) is 18.3. The van der Waals surface area contributed by atoms with E-state index >= 15 is 0 Å². The van der Waals surface area contributed by atoms with Crippen LogP contribution in [0.1, 0.15) is 21.6 Å². The maximum Gasteiger partial charge on any atom is 0.273 e. The van der Waals surface area contributed by atoms with Crippen molar-refractivity contribution in [3.63, 3.8) is 0 Å². The fraction of sp³-hybridized carbons (Fsp3) is 0.0500. The minimum atomic E-state index is -0.590. The van der Waals surface area contributed by atoms with Gasteiger partial charge in [0.15, 0.2) is 4.96 Å². The number of hydrogen-bond acceptors (Lipinski definition) is 6. The van der Waals surface area contributed by atoms with Crippen LogP contribution in [0, 0.1) is 28.4 Å². The van der Waals surface area contributed by atoms with Gasteiger partial charge in [0.2, 0.25) is 0 Å². The van der Waals surface area contributed by atoms with Gasteiger partial charge in [-0.05, 0) is 13.0 Å². The summed E-state index contributed by atoms with van der Waals surface area (Å²) in [7, 11) is 0. The van der Waals surface area contributed by atoms with Crippen molar-refractivity contribution in [3.8, 4) is 17.3 Å². The average molecular weight is 403 g/mol. The molecule has 2 heterocycles. The van der Waals surface area contributed by atoms with Gasteiger partial charge in [-0.25, -0.2) is 4.98 Å². The molecular formula is C20H13N5O3S. The number of nitrogens with one attached hydrogen (secondary N) is 1. The minimum Gasteiger partial charge on any atom is -0.319 e. The molecule has 0 fully saturated rings. The zero-order valence-electron chi connectivity index (χ0n) is 15.1. The Labute approximate surface area is 168 Å². The Balaban J connectivity index is 1.65. The van der Waals surface area contributed by atoms with Crippen molar-refractivity contribution in [3.05, 3.63) is 81.0 Å². The summed E-state index contributed by atoms with van der Waals surface area (Å²) < 4.78 is 1.69. The molecule has 1 N–H and O–H groups in total. The SMILES string of the molecule is Cc1ccc(-c2cn3c(C(=O)Nc4ccc([N+](=O)[O-])cc4C#N)csc3n2)cc1. The zero-order valence-corrected chi connectivity index (χ0v) is 15.9. The third kappa shape index (κ3) is 3.44. The molecule has 2 aromatic carbocycles. The van der Waals surface area contributed by atoms with Crippen LogP contribution < -0.4 is 5.32 Å².